The zero-order valence-corrected chi connectivity index (χ0v) is 8.49. The number of esters is 2. The second-order valence-corrected chi connectivity index (χ2v) is 2.41. The molecule has 14 heavy (non-hydrogen) atoms. The minimum absolute atomic E-state index is 0.138. The highest BCUT2D eigenvalue weighted by Gasteiger charge is 2.18. The third-order valence-corrected chi connectivity index (χ3v) is 1.41. The number of rotatable bonds is 4. The summed E-state index contributed by atoms with van der Waals surface area (Å²) in [5.74, 6) is -2.35. The van der Waals surface area contributed by atoms with Crippen molar-refractivity contribution in [2.75, 3.05) is 13.2 Å². The molecule has 0 aliphatic rings. The van der Waals surface area contributed by atoms with Crippen LogP contribution in [0.25, 0.3) is 0 Å². The molecule has 5 nitrogen and oxygen atoms in total. The Morgan fingerprint density at radius 2 is 1.50 bits per heavy atom. The van der Waals surface area contributed by atoms with E-state index in [-0.39, 0.29) is 18.8 Å². The van der Waals surface area contributed by atoms with Gasteiger partial charge < -0.3 is 14.6 Å². The fourth-order valence-corrected chi connectivity index (χ4v) is 0.689. The first-order valence-electron chi connectivity index (χ1n) is 4.28. The lowest BCUT2D eigenvalue weighted by Gasteiger charge is -2.04. The van der Waals surface area contributed by atoms with Crippen molar-refractivity contribution in [2.24, 2.45) is 0 Å². The first-order chi connectivity index (χ1) is 6.54. The van der Waals surface area contributed by atoms with Gasteiger partial charge in [-0.05, 0) is 20.8 Å². The van der Waals surface area contributed by atoms with E-state index >= 15 is 0 Å². The molecule has 0 aliphatic carbocycles. The maximum atomic E-state index is 11.0. The maximum absolute atomic E-state index is 11.0. The van der Waals surface area contributed by atoms with Gasteiger partial charge in [-0.15, -0.1) is 0 Å². The molecular weight excluding hydrogens is 188 g/mol. The standard InChI is InChI=1S/C9H14O5/c1-4-13-8(11)6(3)7(10)9(12)14-5-2/h10H,4-5H2,1-3H3/b7-6+. The molecule has 0 aromatic heterocycles. The predicted molar refractivity (Wildman–Crippen MR) is 48.6 cm³/mol. The van der Waals surface area contributed by atoms with Crippen LogP contribution in [-0.4, -0.2) is 30.3 Å². The summed E-state index contributed by atoms with van der Waals surface area (Å²) >= 11 is 0. The molecule has 0 radical (unpaired) electrons. The zero-order valence-electron chi connectivity index (χ0n) is 8.49. The summed E-state index contributed by atoms with van der Waals surface area (Å²) < 4.78 is 9.09. The SMILES string of the molecule is CCOC(=O)/C(C)=C(/O)C(=O)OCC. The topological polar surface area (TPSA) is 72.8 Å². The number of hydrogen-bond donors (Lipinski definition) is 1. The van der Waals surface area contributed by atoms with Gasteiger partial charge in [0.15, 0.2) is 0 Å². The van der Waals surface area contributed by atoms with Gasteiger partial charge in [-0.3, -0.25) is 0 Å². The summed E-state index contributed by atoms with van der Waals surface area (Å²) in [6.07, 6.45) is 0. The normalized spacial score (nSPS) is 11.6. The van der Waals surface area contributed by atoms with E-state index in [0.717, 1.165) is 0 Å². The quantitative estimate of drug-likeness (QED) is 0.417. The van der Waals surface area contributed by atoms with E-state index in [1.165, 1.54) is 6.92 Å². The van der Waals surface area contributed by atoms with E-state index in [0.29, 0.717) is 0 Å². The first-order valence-corrected chi connectivity index (χ1v) is 4.28. The Labute approximate surface area is 82.3 Å². The van der Waals surface area contributed by atoms with Crippen LogP contribution in [0.3, 0.4) is 0 Å². The van der Waals surface area contributed by atoms with Gasteiger partial charge in [-0.1, -0.05) is 0 Å². The molecule has 0 unspecified atom stereocenters. The van der Waals surface area contributed by atoms with Crippen LogP contribution in [0.15, 0.2) is 11.3 Å². The molecule has 0 aliphatic heterocycles. The smallest absolute Gasteiger partial charge is 0.373 e. The Hall–Kier alpha value is -1.52. The molecule has 0 bridgehead atoms. The highest BCUT2D eigenvalue weighted by molar-refractivity contribution is 5.98. The minimum Gasteiger partial charge on any atom is -0.501 e. The first kappa shape index (κ1) is 12.5. The van der Waals surface area contributed by atoms with Crippen LogP contribution < -0.4 is 0 Å². The fourth-order valence-electron chi connectivity index (χ4n) is 0.689. The number of carbonyl (C=O) groups excluding carboxylic acids is 2. The lowest BCUT2D eigenvalue weighted by atomic mass is 10.2. The van der Waals surface area contributed by atoms with Gasteiger partial charge in [0.1, 0.15) is 0 Å². The Balaban J connectivity index is 4.57. The molecule has 0 amide bonds. The molecule has 0 saturated carbocycles. The van der Waals surface area contributed by atoms with Crippen LogP contribution in [0, 0.1) is 0 Å². The maximum Gasteiger partial charge on any atom is 0.373 e. The van der Waals surface area contributed by atoms with Gasteiger partial charge in [0.25, 0.3) is 0 Å². The lowest BCUT2D eigenvalue weighted by molar-refractivity contribution is -0.144. The summed E-state index contributed by atoms with van der Waals surface area (Å²) in [6.45, 7) is 4.85. The Morgan fingerprint density at radius 1 is 1.07 bits per heavy atom. The van der Waals surface area contributed by atoms with Crippen LogP contribution in [0.4, 0.5) is 0 Å². The van der Waals surface area contributed by atoms with Gasteiger partial charge in [-0.25, -0.2) is 9.59 Å². The highest BCUT2D eigenvalue weighted by Crippen LogP contribution is 2.05. The fraction of sp³-hybridized carbons (Fsp3) is 0.556. The highest BCUT2D eigenvalue weighted by atomic mass is 16.5. The molecule has 0 atom stereocenters. The van der Waals surface area contributed by atoms with Crippen molar-refractivity contribution in [3.05, 3.63) is 11.3 Å². The summed E-state index contributed by atoms with van der Waals surface area (Å²) in [5, 5.41) is 9.22. The van der Waals surface area contributed by atoms with Crippen molar-refractivity contribution in [3.8, 4) is 0 Å². The van der Waals surface area contributed by atoms with Crippen molar-refractivity contribution in [3.63, 3.8) is 0 Å². The van der Waals surface area contributed by atoms with Crippen molar-refractivity contribution < 1.29 is 24.2 Å². The number of hydrogen-bond acceptors (Lipinski definition) is 5. The van der Waals surface area contributed by atoms with Crippen molar-refractivity contribution in [1.82, 2.24) is 0 Å². The molecule has 0 aromatic carbocycles. The molecule has 0 heterocycles. The van der Waals surface area contributed by atoms with E-state index in [1.54, 1.807) is 13.8 Å². The van der Waals surface area contributed by atoms with E-state index < -0.39 is 17.7 Å². The number of aliphatic hydroxyl groups excluding tert-OH is 1. The molecular formula is C9H14O5. The summed E-state index contributed by atoms with van der Waals surface area (Å²) in [7, 11) is 0. The van der Waals surface area contributed by atoms with E-state index in [9.17, 15) is 14.7 Å². The summed E-state index contributed by atoms with van der Waals surface area (Å²) in [5.41, 5.74) is -0.148. The Morgan fingerprint density at radius 3 is 1.93 bits per heavy atom. The van der Waals surface area contributed by atoms with Crippen LogP contribution in [0.1, 0.15) is 20.8 Å². The molecule has 0 rings (SSSR count). The van der Waals surface area contributed by atoms with Gasteiger partial charge in [-0.2, -0.15) is 0 Å². The molecule has 0 spiro atoms. The molecule has 1 N–H and O–H groups in total. The minimum atomic E-state index is -0.918. The number of carbonyl (C=O) groups is 2. The number of aliphatic hydroxyl groups is 1. The Bertz CT molecular complexity index is 228. The summed E-state index contributed by atoms with van der Waals surface area (Å²) in [6, 6.07) is 0. The molecule has 0 aromatic rings. The van der Waals surface area contributed by atoms with E-state index in [4.69, 9.17) is 0 Å². The van der Waals surface area contributed by atoms with Crippen LogP contribution in [0.5, 0.6) is 0 Å². The van der Waals surface area contributed by atoms with E-state index in [1.807, 2.05) is 0 Å². The molecule has 5 heteroatoms. The largest absolute Gasteiger partial charge is 0.501 e. The molecule has 0 saturated heterocycles. The van der Waals surface area contributed by atoms with Crippen molar-refractivity contribution in [2.45, 2.75) is 20.8 Å². The second-order valence-electron chi connectivity index (χ2n) is 2.41. The van der Waals surface area contributed by atoms with Gasteiger partial charge in [0, 0.05) is 0 Å². The van der Waals surface area contributed by atoms with Crippen molar-refractivity contribution in [1.29, 1.82) is 0 Å². The second kappa shape index (κ2) is 6.01. The van der Waals surface area contributed by atoms with Crippen molar-refractivity contribution >= 4 is 11.9 Å². The average molecular weight is 202 g/mol. The third-order valence-electron chi connectivity index (χ3n) is 1.41. The van der Waals surface area contributed by atoms with E-state index in [2.05, 4.69) is 9.47 Å². The van der Waals surface area contributed by atoms with Gasteiger partial charge in [0.2, 0.25) is 5.76 Å². The Kier molecular flexibility index (Phi) is 5.36. The van der Waals surface area contributed by atoms with Crippen LogP contribution in [-0.2, 0) is 19.1 Å². The summed E-state index contributed by atoms with van der Waals surface area (Å²) in [4.78, 5) is 22.0. The van der Waals surface area contributed by atoms with Crippen LogP contribution >= 0.6 is 0 Å². The predicted octanol–water partition coefficient (Wildman–Crippen LogP) is 0.945. The third kappa shape index (κ3) is 3.47. The molecule has 80 valence electrons. The average Bonchev–Trinajstić information content (AvgIpc) is 2.16. The van der Waals surface area contributed by atoms with Crippen LogP contribution in [0.2, 0.25) is 0 Å². The van der Waals surface area contributed by atoms with Gasteiger partial charge >= 0.3 is 11.9 Å². The monoisotopic (exact) mass is 202 g/mol. The number of ether oxygens (including phenoxy) is 2. The zero-order chi connectivity index (χ0) is 11.1. The lowest BCUT2D eigenvalue weighted by Crippen LogP contribution is -2.14. The van der Waals surface area contributed by atoms with Gasteiger partial charge in [0.05, 0.1) is 18.8 Å². The molecule has 0 fully saturated rings.